The molecule has 7 heteroatoms. The van der Waals surface area contributed by atoms with Gasteiger partial charge in [0.05, 0.1) is 18.2 Å². The third kappa shape index (κ3) is 6.79. The average molecular weight is 396 g/mol. The molecule has 0 unspecified atom stereocenters. The van der Waals surface area contributed by atoms with Gasteiger partial charge in [0.2, 0.25) is 0 Å². The molecule has 0 heterocycles. The number of ether oxygens (including phenoxy) is 3. The van der Waals surface area contributed by atoms with Crippen LogP contribution in [0.3, 0.4) is 0 Å². The van der Waals surface area contributed by atoms with Crippen molar-refractivity contribution in [1.29, 1.82) is 0 Å². The van der Waals surface area contributed by atoms with Crippen molar-refractivity contribution in [2.24, 2.45) is 5.92 Å². The fraction of sp³-hybridized carbons (Fsp3) is 0.500. The number of rotatable bonds is 9. The van der Waals surface area contributed by atoms with Gasteiger partial charge in [-0.3, -0.25) is 4.79 Å². The fourth-order valence-corrected chi connectivity index (χ4v) is 2.81. The molecular weight excluding hydrogens is 370 g/mol. The van der Waals surface area contributed by atoms with Crippen LogP contribution in [0.2, 0.25) is 5.02 Å². The highest BCUT2D eigenvalue weighted by molar-refractivity contribution is 6.32. The molecule has 2 rings (SSSR count). The van der Waals surface area contributed by atoms with Crippen molar-refractivity contribution < 1.29 is 23.8 Å². The normalized spacial score (nSPS) is 14.9. The molecule has 0 saturated heterocycles. The standard InChI is InChI=1S/C20H26ClNO5/c1-12(2)27-20-16(21)9-14(10-17(20)25-4)5-8-19(24)26-11-18(23)22-13(3)15-6-7-15/h5,8-10,12-13,15H,6-7,11H2,1-4H3,(H,22,23)/b8-5+/t13-/m0/s1. The molecule has 0 bridgehead atoms. The maximum atomic E-state index is 11.8. The van der Waals surface area contributed by atoms with Crippen molar-refractivity contribution in [2.75, 3.05) is 13.7 Å². The molecule has 148 valence electrons. The first-order chi connectivity index (χ1) is 12.8. The number of benzene rings is 1. The Kier molecular flexibility index (Phi) is 7.54. The first-order valence-corrected chi connectivity index (χ1v) is 9.36. The summed E-state index contributed by atoms with van der Waals surface area (Å²) in [6.45, 7) is 5.44. The van der Waals surface area contributed by atoms with Crippen molar-refractivity contribution in [3.8, 4) is 11.5 Å². The molecule has 1 fully saturated rings. The number of halogens is 1. The topological polar surface area (TPSA) is 73.9 Å². The van der Waals surface area contributed by atoms with Gasteiger partial charge in [-0.25, -0.2) is 4.79 Å². The quantitative estimate of drug-likeness (QED) is 0.510. The summed E-state index contributed by atoms with van der Waals surface area (Å²) < 4.78 is 15.9. The predicted octanol–water partition coefficient (Wildman–Crippen LogP) is 3.61. The van der Waals surface area contributed by atoms with Crippen molar-refractivity contribution in [3.63, 3.8) is 0 Å². The molecule has 0 aliphatic heterocycles. The van der Waals surface area contributed by atoms with Crippen LogP contribution >= 0.6 is 11.6 Å². The Morgan fingerprint density at radius 1 is 1.30 bits per heavy atom. The van der Waals surface area contributed by atoms with Crippen molar-refractivity contribution in [3.05, 3.63) is 28.8 Å². The lowest BCUT2D eigenvalue weighted by atomic mass is 10.2. The average Bonchev–Trinajstić information content (AvgIpc) is 3.44. The minimum Gasteiger partial charge on any atom is -0.493 e. The number of hydrogen-bond donors (Lipinski definition) is 1. The van der Waals surface area contributed by atoms with Crippen LogP contribution in [-0.4, -0.2) is 37.7 Å². The second-order valence-electron chi connectivity index (χ2n) is 6.84. The highest BCUT2D eigenvalue weighted by Gasteiger charge is 2.28. The highest BCUT2D eigenvalue weighted by Crippen LogP contribution is 2.37. The Morgan fingerprint density at radius 3 is 2.59 bits per heavy atom. The fourth-order valence-electron chi connectivity index (χ4n) is 2.54. The Labute approximate surface area is 164 Å². The van der Waals surface area contributed by atoms with Crippen molar-refractivity contribution in [1.82, 2.24) is 5.32 Å². The highest BCUT2D eigenvalue weighted by atomic mass is 35.5. The largest absolute Gasteiger partial charge is 0.493 e. The number of carbonyl (C=O) groups is 2. The van der Waals surface area contributed by atoms with Crippen LogP contribution in [0.15, 0.2) is 18.2 Å². The van der Waals surface area contributed by atoms with E-state index in [0.717, 1.165) is 12.8 Å². The van der Waals surface area contributed by atoms with E-state index in [0.29, 0.717) is 28.0 Å². The van der Waals surface area contributed by atoms with Gasteiger partial charge in [0.15, 0.2) is 18.1 Å². The third-order valence-corrected chi connectivity index (χ3v) is 4.36. The zero-order chi connectivity index (χ0) is 20.0. The van der Waals surface area contributed by atoms with E-state index < -0.39 is 5.97 Å². The van der Waals surface area contributed by atoms with E-state index in [1.165, 1.54) is 13.2 Å². The second kappa shape index (κ2) is 9.65. The first-order valence-electron chi connectivity index (χ1n) is 8.98. The third-order valence-electron chi connectivity index (χ3n) is 4.08. The number of methoxy groups -OCH3 is 1. The summed E-state index contributed by atoms with van der Waals surface area (Å²) in [6, 6.07) is 3.49. The zero-order valence-corrected chi connectivity index (χ0v) is 16.8. The molecule has 27 heavy (non-hydrogen) atoms. The van der Waals surface area contributed by atoms with Gasteiger partial charge < -0.3 is 19.5 Å². The van der Waals surface area contributed by atoms with Crippen LogP contribution in [0.5, 0.6) is 11.5 Å². The van der Waals surface area contributed by atoms with Gasteiger partial charge in [0, 0.05) is 12.1 Å². The SMILES string of the molecule is COc1cc(/C=C/C(=O)OCC(=O)N[C@@H](C)C2CC2)cc(Cl)c1OC(C)C. The zero-order valence-electron chi connectivity index (χ0n) is 16.1. The summed E-state index contributed by atoms with van der Waals surface area (Å²) in [5.41, 5.74) is 0.650. The van der Waals surface area contributed by atoms with Gasteiger partial charge in [0.1, 0.15) is 0 Å². The molecule has 1 aliphatic carbocycles. The lowest BCUT2D eigenvalue weighted by molar-refractivity contribution is -0.144. The van der Waals surface area contributed by atoms with Crippen molar-refractivity contribution in [2.45, 2.75) is 45.8 Å². The van der Waals surface area contributed by atoms with Crippen LogP contribution in [0, 0.1) is 5.92 Å². The van der Waals surface area contributed by atoms with Gasteiger partial charge in [-0.15, -0.1) is 0 Å². The van der Waals surface area contributed by atoms with E-state index in [9.17, 15) is 9.59 Å². The molecule has 1 atom stereocenters. The summed E-state index contributed by atoms with van der Waals surface area (Å²) in [5.74, 6) is 0.567. The molecule has 0 spiro atoms. The van der Waals surface area contributed by atoms with Crippen LogP contribution in [0.25, 0.3) is 6.08 Å². The van der Waals surface area contributed by atoms with E-state index >= 15 is 0 Å². The predicted molar refractivity (Wildman–Crippen MR) is 104 cm³/mol. The molecule has 1 aliphatic rings. The summed E-state index contributed by atoms with van der Waals surface area (Å²) >= 11 is 6.25. The molecule has 0 radical (unpaired) electrons. The Hall–Kier alpha value is -2.21. The summed E-state index contributed by atoms with van der Waals surface area (Å²) in [7, 11) is 1.52. The minimum atomic E-state index is -0.609. The molecular formula is C20H26ClNO5. The molecule has 1 amide bonds. The summed E-state index contributed by atoms with van der Waals surface area (Å²) in [5, 5.41) is 3.21. The van der Waals surface area contributed by atoms with E-state index in [1.807, 2.05) is 20.8 Å². The van der Waals surface area contributed by atoms with E-state index in [1.54, 1.807) is 18.2 Å². The first kappa shape index (κ1) is 21.1. The van der Waals surface area contributed by atoms with Gasteiger partial charge >= 0.3 is 5.97 Å². The summed E-state index contributed by atoms with van der Waals surface area (Å²) in [4.78, 5) is 23.6. The van der Waals surface area contributed by atoms with Crippen LogP contribution in [-0.2, 0) is 14.3 Å². The van der Waals surface area contributed by atoms with Gasteiger partial charge in [-0.1, -0.05) is 11.6 Å². The van der Waals surface area contributed by atoms with Crippen molar-refractivity contribution >= 4 is 29.6 Å². The summed E-state index contributed by atoms with van der Waals surface area (Å²) in [6.07, 6.45) is 5.00. The molecule has 1 saturated carbocycles. The molecule has 1 aromatic carbocycles. The lowest BCUT2D eigenvalue weighted by Gasteiger charge is -2.15. The van der Waals surface area contributed by atoms with Crippen LogP contribution in [0.1, 0.15) is 39.2 Å². The number of hydrogen-bond acceptors (Lipinski definition) is 5. The molecule has 0 aromatic heterocycles. The van der Waals surface area contributed by atoms with E-state index in [4.69, 9.17) is 25.8 Å². The molecule has 1 aromatic rings. The van der Waals surface area contributed by atoms with E-state index in [-0.39, 0.29) is 24.7 Å². The minimum absolute atomic E-state index is 0.0541. The maximum absolute atomic E-state index is 11.8. The van der Waals surface area contributed by atoms with Crippen LogP contribution in [0.4, 0.5) is 0 Å². The van der Waals surface area contributed by atoms with Crippen LogP contribution < -0.4 is 14.8 Å². The van der Waals surface area contributed by atoms with Gasteiger partial charge in [-0.2, -0.15) is 0 Å². The monoisotopic (exact) mass is 395 g/mol. The molecule has 1 N–H and O–H groups in total. The Bertz CT molecular complexity index is 713. The Balaban J connectivity index is 1.91. The smallest absolute Gasteiger partial charge is 0.331 e. The van der Waals surface area contributed by atoms with E-state index in [2.05, 4.69) is 5.32 Å². The number of esters is 1. The number of amides is 1. The number of carbonyl (C=O) groups excluding carboxylic acids is 2. The lowest BCUT2D eigenvalue weighted by Crippen LogP contribution is -2.36. The Morgan fingerprint density at radius 2 is 2.00 bits per heavy atom. The second-order valence-corrected chi connectivity index (χ2v) is 7.24. The molecule has 6 nitrogen and oxygen atoms in total. The van der Waals surface area contributed by atoms with Gasteiger partial charge in [0.25, 0.3) is 5.91 Å². The maximum Gasteiger partial charge on any atom is 0.331 e. The number of nitrogens with one attached hydrogen (secondary N) is 1. The van der Waals surface area contributed by atoms with Gasteiger partial charge in [-0.05, 0) is 63.3 Å².